The zero-order valence-corrected chi connectivity index (χ0v) is 13.6. The molecular weight excluding hydrogens is 323 g/mol. The minimum Gasteiger partial charge on any atom is -0.478 e. The summed E-state index contributed by atoms with van der Waals surface area (Å²) in [7, 11) is 0. The number of aromatic nitrogens is 3. The van der Waals surface area contributed by atoms with Gasteiger partial charge in [0.2, 0.25) is 11.8 Å². The summed E-state index contributed by atoms with van der Waals surface area (Å²) in [6.45, 7) is 2.98. The molecule has 1 aromatic carbocycles. The zero-order chi connectivity index (χ0) is 17.5. The summed E-state index contributed by atoms with van der Waals surface area (Å²) in [5.41, 5.74) is 0.962. The Morgan fingerprint density at radius 1 is 1.00 bits per heavy atom. The first-order valence-corrected chi connectivity index (χ1v) is 7.80. The number of hydrogen-bond donors (Lipinski definition) is 1. The van der Waals surface area contributed by atoms with Gasteiger partial charge in [0.25, 0.3) is 0 Å². The van der Waals surface area contributed by atoms with Gasteiger partial charge < -0.3 is 14.8 Å². The third-order valence-corrected chi connectivity index (χ3v) is 3.24. The van der Waals surface area contributed by atoms with Gasteiger partial charge in [0.1, 0.15) is 23.7 Å². The molecule has 1 N–H and O–H groups in total. The van der Waals surface area contributed by atoms with Crippen LogP contribution in [0, 0.1) is 5.82 Å². The third-order valence-electron chi connectivity index (χ3n) is 3.24. The number of pyridine rings is 1. The summed E-state index contributed by atoms with van der Waals surface area (Å²) in [6, 6.07) is 11.2. The lowest BCUT2D eigenvalue weighted by molar-refractivity contribution is 0.326. The van der Waals surface area contributed by atoms with Crippen LogP contribution in [0.15, 0.2) is 55.0 Å². The average Bonchev–Trinajstić information content (AvgIpc) is 2.63. The summed E-state index contributed by atoms with van der Waals surface area (Å²) < 4.78 is 23.9. The first-order valence-electron chi connectivity index (χ1n) is 7.80. The highest BCUT2D eigenvalue weighted by atomic mass is 19.1. The van der Waals surface area contributed by atoms with Crippen LogP contribution < -0.4 is 14.8 Å². The monoisotopic (exact) mass is 340 g/mol. The van der Waals surface area contributed by atoms with Crippen LogP contribution in [0.5, 0.6) is 17.5 Å². The van der Waals surface area contributed by atoms with E-state index < -0.39 is 0 Å². The maximum absolute atomic E-state index is 12.9. The van der Waals surface area contributed by atoms with Crippen LogP contribution in [-0.2, 0) is 6.54 Å². The topological polar surface area (TPSA) is 69.2 Å². The predicted molar refractivity (Wildman–Crippen MR) is 91.2 cm³/mol. The van der Waals surface area contributed by atoms with Crippen molar-refractivity contribution in [1.82, 2.24) is 15.0 Å². The van der Waals surface area contributed by atoms with Gasteiger partial charge in [-0.3, -0.25) is 0 Å². The molecule has 2 heterocycles. The second-order valence-electron chi connectivity index (χ2n) is 5.09. The Morgan fingerprint density at radius 2 is 1.84 bits per heavy atom. The molecule has 0 atom stereocenters. The van der Waals surface area contributed by atoms with Crippen molar-refractivity contribution in [3.63, 3.8) is 0 Å². The van der Waals surface area contributed by atoms with Crippen molar-refractivity contribution in [3.8, 4) is 17.5 Å². The molecule has 3 aromatic rings. The van der Waals surface area contributed by atoms with Gasteiger partial charge >= 0.3 is 0 Å². The van der Waals surface area contributed by atoms with Crippen LogP contribution in [0.1, 0.15) is 12.5 Å². The van der Waals surface area contributed by atoms with E-state index in [0.29, 0.717) is 36.5 Å². The number of hydrogen-bond acceptors (Lipinski definition) is 6. The van der Waals surface area contributed by atoms with Crippen molar-refractivity contribution in [1.29, 1.82) is 0 Å². The van der Waals surface area contributed by atoms with Gasteiger partial charge in [-0.05, 0) is 42.8 Å². The number of anilines is 1. The smallest absolute Gasteiger partial charge is 0.219 e. The fraction of sp³-hybridized carbons (Fsp3) is 0.167. The number of nitrogens with one attached hydrogen (secondary N) is 1. The Morgan fingerprint density at radius 3 is 2.64 bits per heavy atom. The van der Waals surface area contributed by atoms with E-state index in [1.165, 1.54) is 18.5 Å². The molecule has 0 radical (unpaired) electrons. The summed E-state index contributed by atoms with van der Waals surface area (Å²) in [4.78, 5) is 12.3. The molecule has 0 aliphatic carbocycles. The average molecular weight is 340 g/mol. The van der Waals surface area contributed by atoms with Crippen LogP contribution in [0.25, 0.3) is 0 Å². The van der Waals surface area contributed by atoms with Gasteiger partial charge in [-0.1, -0.05) is 0 Å². The molecule has 2 aromatic heterocycles. The maximum Gasteiger partial charge on any atom is 0.219 e. The molecular formula is C18H17FN4O2. The van der Waals surface area contributed by atoms with E-state index in [2.05, 4.69) is 20.3 Å². The molecule has 128 valence electrons. The number of halogens is 1. The molecule has 0 fully saturated rings. The summed E-state index contributed by atoms with van der Waals surface area (Å²) in [5.74, 6) is 1.83. The molecule has 7 heteroatoms. The molecule has 0 unspecified atom stereocenters. The molecule has 0 saturated heterocycles. The summed E-state index contributed by atoms with van der Waals surface area (Å²) in [5, 5.41) is 3.19. The van der Waals surface area contributed by atoms with Crippen LogP contribution in [0.2, 0.25) is 0 Å². The van der Waals surface area contributed by atoms with Crippen LogP contribution in [-0.4, -0.2) is 21.6 Å². The van der Waals surface area contributed by atoms with E-state index in [4.69, 9.17) is 9.47 Å². The number of rotatable bonds is 7. The Labute approximate surface area is 144 Å². The first kappa shape index (κ1) is 16.6. The van der Waals surface area contributed by atoms with E-state index in [-0.39, 0.29) is 5.82 Å². The van der Waals surface area contributed by atoms with Gasteiger partial charge in [-0.25, -0.2) is 19.3 Å². The lowest BCUT2D eigenvalue weighted by atomic mass is 10.2. The van der Waals surface area contributed by atoms with Gasteiger partial charge in [-0.15, -0.1) is 0 Å². The Balaban J connectivity index is 1.63. The summed E-state index contributed by atoms with van der Waals surface area (Å²) in [6.07, 6.45) is 3.10. The normalized spacial score (nSPS) is 10.3. The molecule has 25 heavy (non-hydrogen) atoms. The van der Waals surface area contributed by atoms with Crippen LogP contribution in [0.3, 0.4) is 0 Å². The van der Waals surface area contributed by atoms with Crippen molar-refractivity contribution in [3.05, 3.63) is 66.4 Å². The molecule has 0 spiro atoms. The van der Waals surface area contributed by atoms with Crippen molar-refractivity contribution in [2.24, 2.45) is 0 Å². The predicted octanol–water partition coefficient (Wildman–Crippen LogP) is 3.81. The second-order valence-corrected chi connectivity index (χ2v) is 5.09. The van der Waals surface area contributed by atoms with E-state index in [0.717, 1.165) is 5.56 Å². The fourth-order valence-electron chi connectivity index (χ4n) is 2.10. The van der Waals surface area contributed by atoms with Crippen LogP contribution >= 0.6 is 0 Å². The molecule has 0 aliphatic heterocycles. The van der Waals surface area contributed by atoms with Crippen LogP contribution in [0.4, 0.5) is 10.2 Å². The lowest BCUT2D eigenvalue weighted by Crippen LogP contribution is -2.03. The Bertz CT molecular complexity index is 827. The molecule has 3 rings (SSSR count). The fourth-order valence-corrected chi connectivity index (χ4v) is 2.10. The van der Waals surface area contributed by atoms with E-state index in [1.807, 2.05) is 13.0 Å². The summed E-state index contributed by atoms with van der Waals surface area (Å²) >= 11 is 0. The number of nitrogens with zero attached hydrogens (tertiary/aromatic N) is 3. The largest absolute Gasteiger partial charge is 0.478 e. The van der Waals surface area contributed by atoms with Crippen molar-refractivity contribution < 1.29 is 13.9 Å². The number of ether oxygens (including phenoxy) is 2. The Kier molecular flexibility index (Phi) is 5.36. The highest BCUT2D eigenvalue weighted by molar-refractivity contribution is 5.38. The maximum atomic E-state index is 12.9. The van der Waals surface area contributed by atoms with Gasteiger partial charge in [0.15, 0.2) is 0 Å². The molecule has 6 nitrogen and oxygen atoms in total. The molecule has 0 aliphatic rings. The Hall–Kier alpha value is -3.22. The minimum atomic E-state index is -0.311. The van der Waals surface area contributed by atoms with E-state index in [9.17, 15) is 4.39 Å². The number of benzene rings is 1. The first-order chi connectivity index (χ1) is 12.2. The van der Waals surface area contributed by atoms with E-state index >= 15 is 0 Å². The quantitative estimate of drug-likeness (QED) is 0.705. The minimum absolute atomic E-state index is 0.311. The SMILES string of the molecule is CCOc1cc(NCc2ccnc(Oc3ccc(F)cc3)c2)ncn1. The highest BCUT2D eigenvalue weighted by Gasteiger charge is 2.03. The zero-order valence-electron chi connectivity index (χ0n) is 13.6. The van der Waals surface area contributed by atoms with E-state index in [1.54, 1.807) is 30.5 Å². The van der Waals surface area contributed by atoms with Gasteiger partial charge in [-0.2, -0.15) is 0 Å². The molecule has 0 amide bonds. The van der Waals surface area contributed by atoms with Gasteiger partial charge in [0.05, 0.1) is 6.61 Å². The van der Waals surface area contributed by atoms with Crippen molar-refractivity contribution in [2.45, 2.75) is 13.5 Å². The molecule has 0 saturated carbocycles. The third kappa shape index (κ3) is 4.87. The molecule has 0 bridgehead atoms. The lowest BCUT2D eigenvalue weighted by Gasteiger charge is -2.09. The van der Waals surface area contributed by atoms with Crippen molar-refractivity contribution >= 4 is 5.82 Å². The highest BCUT2D eigenvalue weighted by Crippen LogP contribution is 2.20. The second kappa shape index (κ2) is 8.05. The van der Waals surface area contributed by atoms with Gasteiger partial charge in [0, 0.05) is 24.9 Å². The standard InChI is InChI=1S/C18H17FN4O2/c1-2-24-17-10-16(22-12-23-17)21-11-13-7-8-20-18(9-13)25-15-5-3-14(19)4-6-15/h3-10,12H,2,11H2,1H3,(H,21,22,23). The van der Waals surface area contributed by atoms with Crippen molar-refractivity contribution in [2.75, 3.05) is 11.9 Å².